The highest BCUT2D eigenvalue weighted by molar-refractivity contribution is 5.82. The molecule has 1 aliphatic rings. The number of H-pyrrole nitrogens is 1. The first-order chi connectivity index (χ1) is 12.7. The van der Waals surface area contributed by atoms with Gasteiger partial charge < -0.3 is 25.0 Å². The first-order valence-corrected chi connectivity index (χ1v) is 8.86. The lowest BCUT2D eigenvalue weighted by Gasteiger charge is -2.30. The molecular weight excluding hydrogens is 330 g/mol. The molecule has 7 heteroatoms. The number of aromatic nitrogens is 3. The largest absolute Gasteiger partial charge is 0.497 e. The van der Waals surface area contributed by atoms with E-state index in [9.17, 15) is 5.11 Å². The van der Waals surface area contributed by atoms with E-state index in [0.717, 1.165) is 59.9 Å². The Labute approximate surface area is 152 Å². The number of aliphatic hydroxyl groups excluding tert-OH is 1. The Bertz CT molecular complexity index is 887. The zero-order valence-electron chi connectivity index (χ0n) is 14.8. The predicted octanol–water partition coefficient (Wildman–Crippen LogP) is 2.54. The second-order valence-electron chi connectivity index (χ2n) is 6.58. The summed E-state index contributed by atoms with van der Waals surface area (Å²) < 4.78 is 5.27. The van der Waals surface area contributed by atoms with E-state index in [1.807, 2.05) is 24.3 Å². The highest BCUT2D eigenvalue weighted by Gasteiger charge is 2.18. The van der Waals surface area contributed by atoms with Gasteiger partial charge in [-0.1, -0.05) is 0 Å². The van der Waals surface area contributed by atoms with Crippen LogP contribution in [-0.4, -0.2) is 46.4 Å². The molecule has 1 fully saturated rings. The van der Waals surface area contributed by atoms with Crippen molar-refractivity contribution in [2.75, 3.05) is 30.4 Å². The summed E-state index contributed by atoms with van der Waals surface area (Å²) in [5.41, 5.74) is 2.16. The highest BCUT2D eigenvalue weighted by atomic mass is 16.5. The Morgan fingerprint density at radius 2 is 2.08 bits per heavy atom. The van der Waals surface area contributed by atoms with Gasteiger partial charge in [0.1, 0.15) is 23.7 Å². The molecule has 0 radical (unpaired) electrons. The average Bonchev–Trinajstić information content (AvgIpc) is 3.09. The highest BCUT2D eigenvalue weighted by Crippen LogP contribution is 2.23. The Kier molecular flexibility index (Phi) is 4.62. The zero-order chi connectivity index (χ0) is 17.9. The number of fused-ring (bicyclic) bond motifs is 1. The van der Waals surface area contributed by atoms with E-state index < -0.39 is 0 Å². The second-order valence-corrected chi connectivity index (χ2v) is 6.58. The third-order valence-corrected chi connectivity index (χ3v) is 4.78. The van der Waals surface area contributed by atoms with Gasteiger partial charge in [0.15, 0.2) is 0 Å². The molecular formula is C19H23N5O2. The molecule has 1 saturated heterocycles. The molecule has 1 aromatic carbocycles. The van der Waals surface area contributed by atoms with Crippen molar-refractivity contribution in [2.45, 2.75) is 25.5 Å². The van der Waals surface area contributed by atoms with Crippen molar-refractivity contribution in [1.82, 2.24) is 15.0 Å². The fourth-order valence-corrected chi connectivity index (χ4v) is 3.29. The summed E-state index contributed by atoms with van der Waals surface area (Å²) in [6.07, 6.45) is 2.96. The van der Waals surface area contributed by atoms with Crippen LogP contribution in [0.3, 0.4) is 0 Å². The van der Waals surface area contributed by atoms with Crippen LogP contribution in [0.4, 0.5) is 11.6 Å². The maximum atomic E-state index is 9.65. The number of rotatable bonds is 5. The number of hydrogen-bond acceptors (Lipinski definition) is 6. The first kappa shape index (κ1) is 16.7. The minimum absolute atomic E-state index is 0.189. The van der Waals surface area contributed by atoms with E-state index in [1.165, 1.54) is 0 Å². The average molecular weight is 353 g/mol. The van der Waals surface area contributed by atoms with Crippen LogP contribution < -0.4 is 15.0 Å². The lowest BCUT2D eigenvalue weighted by Crippen LogP contribution is -2.36. The van der Waals surface area contributed by atoms with Gasteiger partial charge in [0, 0.05) is 35.8 Å². The molecule has 0 atom stereocenters. The molecule has 7 nitrogen and oxygen atoms in total. The van der Waals surface area contributed by atoms with Crippen LogP contribution in [-0.2, 0) is 6.54 Å². The third-order valence-electron chi connectivity index (χ3n) is 4.78. The molecule has 0 saturated carbocycles. The van der Waals surface area contributed by atoms with E-state index in [0.29, 0.717) is 6.54 Å². The van der Waals surface area contributed by atoms with Gasteiger partial charge in [0.2, 0.25) is 0 Å². The van der Waals surface area contributed by atoms with E-state index in [1.54, 1.807) is 13.4 Å². The van der Waals surface area contributed by atoms with Gasteiger partial charge in [-0.25, -0.2) is 9.97 Å². The predicted molar refractivity (Wildman–Crippen MR) is 102 cm³/mol. The number of nitrogens with one attached hydrogen (secondary N) is 2. The van der Waals surface area contributed by atoms with Crippen molar-refractivity contribution in [2.24, 2.45) is 0 Å². The summed E-state index contributed by atoms with van der Waals surface area (Å²) >= 11 is 0. The van der Waals surface area contributed by atoms with Gasteiger partial charge in [-0.3, -0.25) is 0 Å². The quantitative estimate of drug-likeness (QED) is 0.653. The van der Waals surface area contributed by atoms with Crippen molar-refractivity contribution >= 4 is 22.5 Å². The summed E-state index contributed by atoms with van der Waals surface area (Å²) in [5.74, 6) is 2.54. The third kappa shape index (κ3) is 3.57. The molecule has 3 N–H and O–H groups in total. The van der Waals surface area contributed by atoms with Crippen molar-refractivity contribution in [3.05, 3.63) is 42.4 Å². The van der Waals surface area contributed by atoms with E-state index >= 15 is 0 Å². The van der Waals surface area contributed by atoms with Gasteiger partial charge in [0.25, 0.3) is 0 Å². The van der Waals surface area contributed by atoms with E-state index in [2.05, 4.69) is 31.2 Å². The first-order valence-electron chi connectivity index (χ1n) is 8.86. The molecule has 0 spiro atoms. The van der Waals surface area contributed by atoms with Crippen LogP contribution in [0.25, 0.3) is 10.9 Å². The van der Waals surface area contributed by atoms with Crippen molar-refractivity contribution in [3.8, 4) is 5.75 Å². The normalized spacial score (nSPS) is 15.4. The fraction of sp³-hybridized carbons (Fsp3) is 0.368. The molecule has 0 bridgehead atoms. The molecule has 0 amide bonds. The second kappa shape index (κ2) is 7.21. The summed E-state index contributed by atoms with van der Waals surface area (Å²) in [6.45, 7) is 2.29. The summed E-state index contributed by atoms with van der Waals surface area (Å²) in [6, 6.07) is 10.1. The van der Waals surface area contributed by atoms with Gasteiger partial charge >= 0.3 is 0 Å². The van der Waals surface area contributed by atoms with Crippen LogP contribution in [0, 0.1) is 0 Å². The lowest BCUT2D eigenvalue weighted by molar-refractivity contribution is 0.145. The fourth-order valence-electron chi connectivity index (χ4n) is 3.29. The number of aliphatic hydroxyl groups is 1. The smallest absolute Gasteiger partial charge is 0.134 e. The molecule has 0 aliphatic carbocycles. The van der Waals surface area contributed by atoms with Crippen LogP contribution in [0.2, 0.25) is 0 Å². The molecule has 4 rings (SSSR count). The summed E-state index contributed by atoms with van der Waals surface area (Å²) in [4.78, 5) is 14.3. The number of piperidine rings is 1. The van der Waals surface area contributed by atoms with Gasteiger partial charge in [-0.15, -0.1) is 0 Å². The van der Waals surface area contributed by atoms with Crippen molar-refractivity contribution < 1.29 is 9.84 Å². The van der Waals surface area contributed by atoms with Crippen LogP contribution in [0.1, 0.15) is 18.5 Å². The summed E-state index contributed by atoms with van der Waals surface area (Å²) in [5, 5.41) is 14.1. The Morgan fingerprint density at radius 1 is 1.23 bits per heavy atom. The number of aromatic amines is 1. The Hall–Kier alpha value is -2.80. The topological polar surface area (TPSA) is 86.3 Å². The summed E-state index contributed by atoms with van der Waals surface area (Å²) in [7, 11) is 1.67. The number of methoxy groups -OCH3 is 1. The Balaban J connectivity index is 1.44. The lowest BCUT2D eigenvalue weighted by atomic mass is 10.1. The Morgan fingerprint density at radius 3 is 2.88 bits per heavy atom. The van der Waals surface area contributed by atoms with Gasteiger partial charge in [-0.2, -0.15) is 0 Å². The van der Waals surface area contributed by atoms with E-state index in [4.69, 9.17) is 4.74 Å². The molecule has 0 unspecified atom stereocenters. The SMILES string of the molecule is COc1ccc2[nH]c(CNc3cc(N4CCC(O)CC4)ncn3)cc2c1. The number of nitrogens with zero attached hydrogens (tertiary/aromatic N) is 3. The minimum atomic E-state index is -0.189. The standard InChI is InChI=1S/C19H23N5O2/c1-26-16-2-3-17-13(9-16)8-14(23-17)11-20-18-10-19(22-12-21-18)24-6-4-15(25)5-7-24/h2-3,8-10,12,15,23,25H,4-7,11H2,1H3,(H,20,21,22). The van der Waals surface area contributed by atoms with Crippen LogP contribution >= 0.6 is 0 Å². The number of hydrogen-bond donors (Lipinski definition) is 3. The zero-order valence-corrected chi connectivity index (χ0v) is 14.8. The molecule has 3 aromatic rings. The number of benzene rings is 1. The molecule has 136 valence electrons. The van der Waals surface area contributed by atoms with Crippen LogP contribution in [0.15, 0.2) is 36.7 Å². The molecule has 2 aromatic heterocycles. The minimum Gasteiger partial charge on any atom is -0.497 e. The molecule has 26 heavy (non-hydrogen) atoms. The molecule has 1 aliphatic heterocycles. The van der Waals surface area contributed by atoms with Crippen LogP contribution in [0.5, 0.6) is 5.75 Å². The molecule has 3 heterocycles. The van der Waals surface area contributed by atoms with Crippen molar-refractivity contribution in [1.29, 1.82) is 0 Å². The van der Waals surface area contributed by atoms with Gasteiger partial charge in [0.05, 0.1) is 19.8 Å². The number of ether oxygens (including phenoxy) is 1. The monoisotopic (exact) mass is 353 g/mol. The van der Waals surface area contributed by atoms with E-state index in [-0.39, 0.29) is 6.10 Å². The number of anilines is 2. The maximum absolute atomic E-state index is 9.65. The van der Waals surface area contributed by atoms with Gasteiger partial charge in [-0.05, 0) is 37.1 Å². The van der Waals surface area contributed by atoms with Crippen molar-refractivity contribution in [3.63, 3.8) is 0 Å². The maximum Gasteiger partial charge on any atom is 0.134 e.